The number of benzene rings is 2. The van der Waals surface area contributed by atoms with Gasteiger partial charge in [0, 0.05) is 36.9 Å². The average Bonchev–Trinajstić information content (AvgIpc) is 3.47. The highest BCUT2D eigenvalue weighted by molar-refractivity contribution is 5.95. The van der Waals surface area contributed by atoms with Crippen molar-refractivity contribution < 1.29 is 19.4 Å². The number of ether oxygens (including phenoxy) is 1. The van der Waals surface area contributed by atoms with Crippen LogP contribution in [0.1, 0.15) is 52.8 Å². The van der Waals surface area contributed by atoms with Gasteiger partial charge in [0.25, 0.3) is 5.91 Å². The van der Waals surface area contributed by atoms with Crippen LogP contribution in [0, 0.1) is 5.92 Å². The first-order valence-corrected chi connectivity index (χ1v) is 11.0. The second-order valence-electron chi connectivity index (χ2n) is 8.55. The van der Waals surface area contributed by atoms with E-state index < -0.39 is 6.09 Å². The average molecular weight is 421 g/mol. The Morgan fingerprint density at radius 2 is 2.00 bits per heavy atom. The molecule has 0 spiro atoms. The quantitative estimate of drug-likeness (QED) is 0.699. The van der Waals surface area contributed by atoms with Crippen LogP contribution in [0.2, 0.25) is 0 Å². The summed E-state index contributed by atoms with van der Waals surface area (Å²) in [6.45, 7) is 1.74. The molecule has 7 heteroatoms. The molecule has 31 heavy (non-hydrogen) atoms. The fourth-order valence-electron chi connectivity index (χ4n) is 5.24. The van der Waals surface area contributed by atoms with Gasteiger partial charge < -0.3 is 25.4 Å². The van der Waals surface area contributed by atoms with E-state index in [1.807, 2.05) is 30.3 Å². The molecule has 3 aliphatic rings. The van der Waals surface area contributed by atoms with Crippen molar-refractivity contribution in [3.8, 4) is 0 Å². The summed E-state index contributed by atoms with van der Waals surface area (Å²) in [4.78, 5) is 26.3. The fourth-order valence-corrected chi connectivity index (χ4v) is 5.24. The maximum absolute atomic E-state index is 12.8. The molecule has 3 N–H and O–H groups in total. The lowest BCUT2D eigenvalue weighted by Crippen LogP contribution is -2.37. The van der Waals surface area contributed by atoms with Gasteiger partial charge in [0.2, 0.25) is 0 Å². The summed E-state index contributed by atoms with van der Waals surface area (Å²) in [7, 11) is 0. The molecular weight excluding hydrogens is 394 g/mol. The molecule has 2 amide bonds. The molecule has 0 bridgehead atoms. The summed E-state index contributed by atoms with van der Waals surface area (Å²) >= 11 is 0. The molecule has 7 nitrogen and oxygen atoms in total. The molecule has 2 aromatic carbocycles. The largest absolute Gasteiger partial charge is 0.465 e. The molecule has 0 aliphatic carbocycles. The standard InChI is InChI=1S/C24H27N3O4/c28-23(25-14-17-7-4-12-31-17)16-8-9-20-19(13-16)22-18(10-11-27(22)24(29)30)21(26-20)15-5-2-1-3-6-15/h1-3,5-6,8-9,13,17-18,21-22,26H,4,7,10-12,14H2,(H,25,28)(H,29,30). The number of rotatable bonds is 4. The molecule has 0 radical (unpaired) electrons. The van der Waals surface area contributed by atoms with E-state index in [1.54, 1.807) is 6.07 Å². The highest BCUT2D eigenvalue weighted by Crippen LogP contribution is 2.51. The van der Waals surface area contributed by atoms with Gasteiger partial charge in [0.1, 0.15) is 0 Å². The molecule has 3 heterocycles. The van der Waals surface area contributed by atoms with Crippen LogP contribution in [0.5, 0.6) is 0 Å². The maximum Gasteiger partial charge on any atom is 0.407 e. The van der Waals surface area contributed by atoms with Gasteiger partial charge in [0.05, 0.1) is 18.2 Å². The van der Waals surface area contributed by atoms with Crippen LogP contribution >= 0.6 is 0 Å². The number of amides is 2. The first-order chi connectivity index (χ1) is 15.1. The number of carboxylic acid groups (broad SMARTS) is 1. The predicted octanol–water partition coefficient (Wildman–Crippen LogP) is 3.80. The Balaban J connectivity index is 1.44. The molecule has 162 valence electrons. The van der Waals surface area contributed by atoms with Crippen LogP contribution in [-0.2, 0) is 4.74 Å². The summed E-state index contributed by atoms with van der Waals surface area (Å²) < 4.78 is 5.58. The monoisotopic (exact) mass is 421 g/mol. The Kier molecular flexibility index (Phi) is 5.28. The molecule has 4 unspecified atom stereocenters. The van der Waals surface area contributed by atoms with Crippen molar-refractivity contribution in [3.05, 3.63) is 65.2 Å². The fraction of sp³-hybridized carbons (Fsp3) is 0.417. The maximum atomic E-state index is 12.8. The van der Waals surface area contributed by atoms with E-state index in [0.29, 0.717) is 18.7 Å². The topological polar surface area (TPSA) is 90.9 Å². The Morgan fingerprint density at radius 3 is 2.74 bits per heavy atom. The molecular formula is C24H27N3O4. The molecule has 2 fully saturated rings. The zero-order valence-electron chi connectivity index (χ0n) is 17.3. The number of nitrogens with one attached hydrogen (secondary N) is 2. The van der Waals surface area contributed by atoms with Gasteiger partial charge in [-0.3, -0.25) is 4.79 Å². The van der Waals surface area contributed by atoms with Gasteiger partial charge in [0.15, 0.2) is 0 Å². The van der Waals surface area contributed by atoms with Crippen molar-refractivity contribution in [2.75, 3.05) is 25.0 Å². The van der Waals surface area contributed by atoms with E-state index in [0.717, 1.165) is 42.7 Å². The molecule has 0 saturated carbocycles. The Labute approximate surface area is 181 Å². The van der Waals surface area contributed by atoms with Crippen LogP contribution in [0.15, 0.2) is 48.5 Å². The minimum absolute atomic E-state index is 0.0299. The van der Waals surface area contributed by atoms with Crippen LogP contribution in [0.3, 0.4) is 0 Å². The lowest BCUT2D eigenvalue weighted by Gasteiger charge is -2.39. The third-order valence-corrected chi connectivity index (χ3v) is 6.73. The molecule has 4 atom stereocenters. The molecule has 5 rings (SSSR count). The Morgan fingerprint density at radius 1 is 1.16 bits per heavy atom. The van der Waals surface area contributed by atoms with Gasteiger partial charge in [-0.1, -0.05) is 30.3 Å². The van der Waals surface area contributed by atoms with Gasteiger partial charge in [-0.25, -0.2) is 4.79 Å². The lowest BCUT2D eigenvalue weighted by atomic mass is 9.79. The summed E-state index contributed by atoms with van der Waals surface area (Å²) in [5.41, 5.74) is 3.46. The SMILES string of the molecule is O=C(NCC1CCCO1)c1ccc2c(c1)C1C(CCN1C(=O)O)C(c1ccccc1)N2. The highest BCUT2D eigenvalue weighted by Gasteiger charge is 2.46. The molecule has 3 aliphatic heterocycles. The van der Waals surface area contributed by atoms with Crippen LogP contribution in [0.4, 0.5) is 10.5 Å². The van der Waals surface area contributed by atoms with Gasteiger partial charge in [-0.2, -0.15) is 0 Å². The number of carbonyl (C=O) groups is 2. The van der Waals surface area contributed by atoms with Crippen LogP contribution < -0.4 is 10.6 Å². The van der Waals surface area contributed by atoms with E-state index in [4.69, 9.17) is 4.74 Å². The van der Waals surface area contributed by atoms with Crippen molar-refractivity contribution >= 4 is 17.7 Å². The molecule has 2 saturated heterocycles. The van der Waals surface area contributed by atoms with Crippen molar-refractivity contribution in [2.24, 2.45) is 5.92 Å². The third-order valence-electron chi connectivity index (χ3n) is 6.73. The summed E-state index contributed by atoms with van der Waals surface area (Å²) in [5, 5.41) is 16.4. The normalized spacial score (nSPS) is 26.6. The first-order valence-electron chi connectivity index (χ1n) is 11.0. The number of anilines is 1. The minimum atomic E-state index is -0.916. The Hall–Kier alpha value is -3.06. The van der Waals surface area contributed by atoms with Gasteiger partial charge in [-0.15, -0.1) is 0 Å². The zero-order chi connectivity index (χ0) is 21.4. The number of fused-ring (bicyclic) bond motifs is 3. The summed E-state index contributed by atoms with van der Waals surface area (Å²) in [5.74, 6) is -0.0453. The Bertz CT molecular complexity index is 974. The first kappa shape index (κ1) is 19.9. The second-order valence-corrected chi connectivity index (χ2v) is 8.55. The van der Waals surface area contributed by atoms with Crippen molar-refractivity contribution in [1.29, 1.82) is 0 Å². The number of likely N-dealkylation sites (tertiary alicyclic amines) is 1. The van der Waals surface area contributed by atoms with E-state index in [2.05, 4.69) is 22.8 Å². The number of hydrogen-bond acceptors (Lipinski definition) is 4. The van der Waals surface area contributed by atoms with Crippen LogP contribution in [0.25, 0.3) is 0 Å². The van der Waals surface area contributed by atoms with Crippen molar-refractivity contribution in [3.63, 3.8) is 0 Å². The highest BCUT2D eigenvalue weighted by atomic mass is 16.5. The van der Waals surface area contributed by atoms with E-state index >= 15 is 0 Å². The number of hydrogen-bond donors (Lipinski definition) is 3. The van der Waals surface area contributed by atoms with Crippen molar-refractivity contribution in [2.45, 2.75) is 37.5 Å². The van der Waals surface area contributed by atoms with Crippen molar-refractivity contribution in [1.82, 2.24) is 10.2 Å². The van der Waals surface area contributed by atoms with E-state index in [9.17, 15) is 14.7 Å². The predicted molar refractivity (Wildman–Crippen MR) is 116 cm³/mol. The van der Waals surface area contributed by atoms with E-state index in [-0.39, 0.29) is 30.0 Å². The van der Waals surface area contributed by atoms with Gasteiger partial charge >= 0.3 is 6.09 Å². The summed E-state index contributed by atoms with van der Waals surface area (Å²) in [6, 6.07) is 15.5. The lowest BCUT2D eigenvalue weighted by molar-refractivity contribution is 0.0857. The van der Waals surface area contributed by atoms with Gasteiger partial charge in [-0.05, 0) is 48.6 Å². The van der Waals surface area contributed by atoms with Crippen LogP contribution in [-0.4, -0.2) is 47.8 Å². The third kappa shape index (κ3) is 3.74. The smallest absolute Gasteiger partial charge is 0.407 e. The molecule has 2 aromatic rings. The summed E-state index contributed by atoms with van der Waals surface area (Å²) in [6.07, 6.45) is 1.93. The minimum Gasteiger partial charge on any atom is -0.465 e. The van der Waals surface area contributed by atoms with E-state index in [1.165, 1.54) is 4.90 Å². The number of carbonyl (C=O) groups excluding carboxylic acids is 1. The molecule has 0 aromatic heterocycles. The second kappa shape index (κ2) is 8.23. The zero-order valence-corrected chi connectivity index (χ0v) is 17.3. The number of nitrogens with zero attached hydrogens (tertiary/aromatic N) is 1.